The van der Waals surface area contributed by atoms with E-state index in [0.717, 1.165) is 41.9 Å². The number of nitro groups is 1. The number of nitro benzene ring substituents is 1. The number of amidine groups is 1. The number of nitrogens with zero attached hydrogens (tertiary/aromatic N) is 2. The van der Waals surface area contributed by atoms with Crippen LogP contribution in [0.15, 0.2) is 81.5 Å². The minimum atomic E-state index is -4.00. The summed E-state index contributed by atoms with van der Waals surface area (Å²) in [5.41, 5.74) is 1.64. The lowest BCUT2D eigenvalue weighted by molar-refractivity contribution is -0.384. The molecule has 0 spiro atoms. The van der Waals surface area contributed by atoms with Crippen molar-refractivity contribution < 1.29 is 27.3 Å². The zero-order chi connectivity index (χ0) is 28.2. The number of carbonyl (C=O) groups excluding carboxylic acids is 2. The van der Waals surface area contributed by atoms with Crippen LogP contribution in [0.2, 0.25) is 0 Å². The molecule has 0 saturated heterocycles. The first-order valence-corrected chi connectivity index (χ1v) is 13.8. The van der Waals surface area contributed by atoms with Gasteiger partial charge in [0.15, 0.2) is 5.17 Å². The number of hydrogen-bond donors (Lipinski definition) is 2. The van der Waals surface area contributed by atoms with Gasteiger partial charge in [-0.25, -0.2) is 17.5 Å². The van der Waals surface area contributed by atoms with Gasteiger partial charge in [0.05, 0.1) is 21.1 Å². The van der Waals surface area contributed by atoms with Crippen molar-refractivity contribution in [2.75, 3.05) is 5.32 Å². The quantitative estimate of drug-likeness (QED) is 0.230. The fourth-order valence-corrected chi connectivity index (χ4v) is 5.33. The Hall–Kier alpha value is -4.36. The van der Waals surface area contributed by atoms with Crippen LogP contribution in [0.4, 0.5) is 15.8 Å². The highest BCUT2D eigenvalue weighted by atomic mass is 32.2. The molecule has 39 heavy (non-hydrogen) atoms. The molecule has 0 aromatic heterocycles. The third-order valence-corrected chi connectivity index (χ3v) is 7.85. The Kier molecular flexibility index (Phi) is 8.21. The summed E-state index contributed by atoms with van der Waals surface area (Å²) in [6, 6.07) is 15.8. The van der Waals surface area contributed by atoms with Crippen LogP contribution in [0.5, 0.6) is 0 Å². The molecule has 0 atom stereocenters. The molecule has 4 rings (SSSR count). The minimum absolute atomic E-state index is 0.00127. The predicted octanol–water partition coefficient (Wildman–Crippen LogP) is 4.43. The van der Waals surface area contributed by atoms with Crippen molar-refractivity contribution in [2.24, 2.45) is 4.99 Å². The summed E-state index contributed by atoms with van der Waals surface area (Å²) < 4.78 is 41.1. The van der Waals surface area contributed by atoms with Gasteiger partial charge in [-0.05, 0) is 65.7 Å². The standard InChI is InChI=1S/C26H21FN4O6S2/c1-2-16-5-10-21(11-6-16)39(36,37)30-24(32)13-17-3-7-19(8-4-17)28-26-29-25(33)23(38-26)15-18-14-20(31(34)35)9-12-22(18)27/h3-12,14-15H,2,13H2,1H3,(H,30,32)(H,28,29,33)/b23-15-. The highest BCUT2D eigenvalue weighted by Gasteiger charge is 2.23. The average Bonchev–Trinajstić information content (AvgIpc) is 3.24. The number of amides is 2. The first-order valence-electron chi connectivity index (χ1n) is 11.5. The Bertz CT molecular complexity index is 1620. The van der Waals surface area contributed by atoms with Crippen molar-refractivity contribution in [3.05, 3.63) is 104 Å². The molecule has 0 unspecified atom stereocenters. The van der Waals surface area contributed by atoms with Crippen molar-refractivity contribution in [3.63, 3.8) is 0 Å². The SMILES string of the molecule is CCc1ccc(S(=O)(=O)NC(=O)Cc2ccc(NC3=NC(=O)/C(=C/c4cc([N+](=O)[O-])ccc4F)S3)cc2)cc1. The van der Waals surface area contributed by atoms with Gasteiger partial charge >= 0.3 is 0 Å². The van der Waals surface area contributed by atoms with E-state index in [0.29, 0.717) is 11.3 Å². The van der Waals surface area contributed by atoms with Crippen LogP contribution in [0.1, 0.15) is 23.6 Å². The summed E-state index contributed by atoms with van der Waals surface area (Å²) in [5, 5.41) is 14.1. The second-order valence-corrected chi connectivity index (χ2v) is 11.0. The molecule has 3 aromatic carbocycles. The molecule has 0 bridgehead atoms. The summed E-state index contributed by atoms with van der Waals surface area (Å²) in [6.45, 7) is 1.95. The van der Waals surface area contributed by atoms with Gasteiger partial charge in [-0.3, -0.25) is 19.7 Å². The number of hydrogen-bond acceptors (Lipinski definition) is 8. The Morgan fingerprint density at radius 1 is 1.08 bits per heavy atom. The van der Waals surface area contributed by atoms with E-state index in [9.17, 15) is 32.5 Å². The molecule has 1 heterocycles. The number of anilines is 1. The maximum atomic E-state index is 14.1. The number of sulfonamides is 1. The molecular weight excluding hydrogens is 547 g/mol. The molecule has 10 nitrogen and oxygen atoms in total. The number of thioether (sulfide) groups is 1. The molecule has 200 valence electrons. The first kappa shape index (κ1) is 27.7. The number of rotatable bonds is 8. The molecule has 2 N–H and O–H groups in total. The zero-order valence-electron chi connectivity index (χ0n) is 20.4. The molecule has 1 aliphatic rings. The normalized spacial score (nSPS) is 14.3. The van der Waals surface area contributed by atoms with Crippen LogP contribution in [-0.4, -0.2) is 30.3 Å². The van der Waals surface area contributed by atoms with Crippen LogP contribution in [0.25, 0.3) is 6.08 Å². The molecule has 13 heteroatoms. The van der Waals surface area contributed by atoms with E-state index >= 15 is 0 Å². The number of halogens is 1. The number of benzene rings is 3. The van der Waals surface area contributed by atoms with E-state index in [1.165, 1.54) is 18.2 Å². The maximum absolute atomic E-state index is 14.1. The van der Waals surface area contributed by atoms with E-state index in [-0.39, 0.29) is 32.6 Å². The highest BCUT2D eigenvalue weighted by molar-refractivity contribution is 8.18. The van der Waals surface area contributed by atoms with Gasteiger partial charge in [0.25, 0.3) is 21.6 Å². The number of aryl methyl sites for hydroxylation is 1. The Morgan fingerprint density at radius 2 is 1.74 bits per heavy atom. The monoisotopic (exact) mass is 568 g/mol. The second kappa shape index (κ2) is 11.6. The van der Waals surface area contributed by atoms with Crippen LogP contribution in [0.3, 0.4) is 0 Å². The molecule has 3 aromatic rings. The minimum Gasteiger partial charge on any atom is -0.334 e. The lowest BCUT2D eigenvalue weighted by Crippen LogP contribution is -2.31. The molecule has 1 aliphatic heterocycles. The summed E-state index contributed by atoms with van der Waals surface area (Å²) in [5.74, 6) is -2.04. The van der Waals surface area contributed by atoms with Gasteiger partial charge in [-0.2, -0.15) is 4.99 Å². The van der Waals surface area contributed by atoms with Crippen molar-refractivity contribution in [3.8, 4) is 0 Å². The van der Waals surface area contributed by atoms with E-state index in [4.69, 9.17) is 0 Å². The molecule has 0 saturated carbocycles. The maximum Gasteiger partial charge on any atom is 0.286 e. The fourth-order valence-electron chi connectivity index (χ4n) is 3.52. The molecule has 0 aliphatic carbocycles. The third-order valence-electron chi connectivity index (χ3n) is 5.56. The molecule has 0 fully saturated rings. The summed E-state index contributed by atoms with van der Waals surface area (Å²) in [6.07, 6.45) is 1.78. The van der Waals surface area contributed by atoms with Crippen molar-refractivity contribution in [1.29, 1.82) is 0 Å². The average molecular weight is 569 g/mol. The van der Waals surface area contributed by atoms with Crippen molar-refractivity contribution in [1.82, 2.24) is 4.72 Å². The van der Waals surface area contributed by atoms with E-state index in [1.54, 1.807) is 36.4 Å². The van der Waals surface area contributed by atoms with Crippen LogP contribution in [0, 0.1) is 15.9 Å². The smallest absolute Gasteiger partial charge is 0.286 e. The summed E-state index contributed by atoms with van der Waals surface area (Å²) in [4.78, 5) is 38.9. The van der Waals surface area contributed by atoms with Gasteiger partial charge in [-0.1, -0.05) is 31.2 Å². The topological polar surface area (TPSA) is 148 Å². The number of non-ortho nitro benzene ring substituents is 1. The zero-order valence-corrected chi connectivity index (χ0v) is 22.0. The Balaban J connectivity index is 1.36. The third kappa shape index (κ3) is 6.94. The van der Waals surface area contributed by atoms with Gasteiger partial charge in [0.1, 0.15) is 5.82 Å². The van der Waals surface area contributed by atoms with Gasteiger partial charge in [0.2, 0.25) is 5.91 Å². The van der Waals surface area contributed by atoms with E-state index in [2.05, 4.69) is 15.0 Å². The Morgan fingerprint density at radius 3 is 2.38 bits per heavy atom. The molecule has 2 amide bonds. The lowest BCUT2D eigenvalue weighted by atomic mass is 10.1. The first-order chi connectivity index (χ1) is 18.5. The van der Waals surface area contributed by atoms with Gasteiger partial charge in [-0.15, -0.1) is 0 Å². The lowest BCUT2D eigenvalue weighted by Gasteiger charge is -2.09. The summed E-state index contributed by atoms with van der Waals surface area (Å²) >= 11 is 0.936. The van der Waals surface area contributed by atoms with Crippen LogP contribution in [-0.2, 0) is 32.5 Å². The van der Waals surface area contributed by atoms with E-state index < -0.39 is 32.6 Å². The van der Waals surface area contributed by atoms with Gasteiger partial charge in [0, 0.05) is 23.4 Å². The predicted molar refractivity (Wildman–Crippen MR) is 146 cm³/mol. The van der Waals surface area contributed by atoms with E-state index in [1.807, 2.05) is 6.92 Å². The van der Waals surface area contributed by atoms with Gasteiger partial charge < -0.3 is 5.32 Å². The van der Waals surface area contributed by atoms with Crippen molar-refractivity contribution >= 4 is 56.2 Å². The highest BCUT2D eigenvalue weighted by Crippen LogP contribution is 2.31. The molecule has 0 radical (unpaired) electrons. The van der Waals surface area contributed by atoms with Crippen molar-refractivity contribution in [2.45, 2.75) is 24.7 Å². The largest absolute Gasteiger partial charge is 0.334 e. The number of nitrogens with one attached hydrogen (secondary N) is 2. The number of carbonyl (C=O) groups is 2. The Labute approximate surface area is 227 Å². The van der Waals surface area contributed by atoms with Crippen LogP contribution < -0.4 is 10.0 Å². The molecular formula is C26H21FN4O6S2. The van der Waals surface area contributed by atoms with Crippen LogP contribution >= 0.6 is 11.8 Å². The number of aliphatic imine (C=N–C) groups is 1. The fraction of sp³-hybridized carbons (Fsp3) is 0.115. The second-order valence-electron chi connectivity index (χ2n) is 8.32. The summed E-state index contributed by atoms with van der Waals surface area (Å²) in [7, 11) is -4.00.